The summed E-state index contributed by atoms with van der Waals surface area (Å²) in [6, 6.07) is 6.40. The highest BCUT2D eigenvalue weighted by Crippen LogP contribution is 2.23. The first-order chi connectivity index (χ1) is 8.58. The van der Waals surface area contributed by atoms with E-state index in [4.69, 9.17) is 5.73 Å². The topological polar surface area (TPSA) is 72.2 Å². The van der Waals surface area contributed by atoms with E-state index in [0.717, 1.165) is 12.8 Å². The highest BCUT2D eigenvalue weighted by molar-refractivity contribution is 7.89. The zero-order chi connectivity index (χ0) is 13.0. The molecular weight excluding hydrogens is 248 g/mol. The second-order valence-corrected chi connectivity index (χ2v) is 6.70. The van der Waals surface area contributed by atoms with Crippen LogP contribution in [0.15, 0.2) is 29.2 Å². The fourth-order valence-electron chi connectivity index (χ4n) is 2.38. The minimum atomic E-state index is -3.41. The molecular formula is C13H20N2O2S. The van der Waals surface area contributed by atoms with Crippen molar-refractivity contribution in [1.82, 2.24) is 4.72 Å². The molecule has 1 aromatic carbocycles. The lowest BCUT2D eigenvalue weighted by Gasteiger charge is -2.21. The van der Waals surface area contributed by atoms with Crippen LogP contribution in [0.5, 0.6) is 0 Å². The Labute approximate surface area is 109 Å². The second kappa shape index (κ2) is 5.71. The Balaban J connectivity index is 1.98. The number of nitrogens with two attached hydrogens (primary N) is 1. The van der Waals surface area contributed by atoms with Crippen LogP contribution in [0.3, 0.4) is 0 Å². The Morgan fingerprint density at radius 3 is 2.61 bits per heavy atom. The lowest BCUT2D eigenvalue weighted by atomic mass is 9.90. The fraction of sp³-hybridized carbons (Fsp3) is 0.538. The molecule has 1 aromatic rings. The minimum absolute atomic E-state index is 0.248. The molecule has 1 fully saturated rings. The van der Waals surface area contributed by atoms with Crippen molar-refractivity contribution < 1.29 is 8.42 Å². The quantitative estimate of drug-likeness (QED) is 0.822. The molecule has 1 aliphatic carbocycles. The average molecular weight is 268 g/mol. The molecule has 0 spiro atoms. The van der Waals surface area contributed by atoms with Crippen LogP contribution in [0.2, 0.25) is 0 Å². The van der Waals surface area contributed by atoms with Crippen LogP contribution in [0.4, 0.5) is 5.69 Å². The van der Waals surface area contributed by atoms with Gasteiger partial charge in [0.25, 0.3) is 0 Å². The highest BCUT2D eigenvalue weighted by atomic mass is 32.2. The van der Waals surface area contributed by atoms with Gasteiger partial charge in [-0.25, -0.2) is 13.1 Å². The van der Waals surface area contributed by atoms with Gasteiger partial charge < -0.3 is 5.73 Å². The van der Waals surface area contributed by atoms with Gasteiger partial charge in [0.15, 0.2) is 0 Å². The van der Waals surface area contributed by atoms with E-state index >= 15 is 0 Å². The Morgan fingerprint density at radius 2 is 1.94 bits per heavy atom. The van der Waals surface area contributed by atoms with Gasteiger partial charge in [-0.05, 0) is 37.0 Å². The molecule has 0 saturated heterocycles. The monoisotopic (exact) mass is 268 g/mol. The highest BCUT2D eigenvalue weighted by Gasteiger charge is 2.18. The smallest absolute Gasteiger partial charge is 0.240 e. The number of anilines is 1. The van der Waals surface area contributed by atoms with Crippen LogP contribution in [0.25, 0.3) is 0 Å². The number of hydrogen-bond acceptors (Lipinski definition) is 3. The third-order valence-electron chi connectivity index (χ3n) is 3.46. The van der Waals surface area contributed by atoms with Crippen molar-refractivity contribution in [1.29, 1.82) is 0 Å². The van der Waals surface area contributed by atoms with E-state index in [1.165, 1.54) is 25.3 Å². The molecule has 0 atom stereocenters. The molecule has 18 heavy (non-hydrogen) atoms. The van der Waals surface area contributed by atoms with Gasteiger partial charge >= 0.3 is 0 Å². The van der Waals surface area contributed by atoms with Gasteiger partial charge in [0.1, 0.15) is 0 Å². The third kappa shape index (κ3) is 3.46. The Morgan fingerprint density at radius 1 is 1.22 bits per heavy atom. The molecule has 2 rings (SSSR count). The van der Waals surface area contributed by atoms with Crippen molar-refractivity contribution in [3.05, 3.63) is 24.3 Å². The normalized spacial score (nSPS) is 17.8. The van der Waals surface area contributed by atoms with Crippen LogP contribution in [0, 0.1) is 5.92 Å². The van der Waals surface area contributed by atoms with Gasteiger partial charge in [-0.15, -0.1) is 0 Å². The van der Waals surface area contributed by atoms with Gasteiger partial charge in [0.2, 0.25) is 10.0 Å². The molecule has 5 heteroatoms. The van der Waals surface area contributed by atoms with Crippen LogP contribution in [0.1, 0.15) is 32.1 Å². The number of benzene rings is 1. The van der Waals surface area contributed by atoms with Crippen LogP contribution in [-0.4, -0.2) is 15.0 Å². The summed E-state index contributed by atoms with van der Waals surface area (Å²) in [7, 11) is -3.41. The number of rotatable bonds is 4. The fourth-order valence-corrected chi connectivity index (χ4v) is 3.55. The van der Waals surface area contributed by atoms with Crippen molar-refractivity contribution in [2.45, 2.75) is 37.0 Å². The lowest BCUT2D eigenvalue weighted by molar-refractivity contribution is 0.357. The molecule has 0 amide bonds. The van der Waals surface area contributed by atoms with Crippen molar-refractivity contribution in [3.63, 3.8) is 0 Å². The SMILES string of the molecule is Nc1cccc(S(=O)(=O)NCC2CCCCC2)c1. The molecule has 4 nitrogen and oxygen atoms in total. The van der Waals surface area contributed by atoms with Gasteiger partial charge in [-0.2, -0.15) is 0 Å². The maximum atomic E-state index is 12.1. The van der Waals surface area contributed by atoms with Crippen molar-refractivity contribution in [2.75, 3.05) is 12.3 Å². The summed E-state index contributed by atoms with van der Waals surface area (Å²) in [5.41, 5.74) is 6.07. The standard InChI is InChI=1S/C13H20N2O2S/c14-12-7-4-8-13(9-12)18(16,17)15-10-11-5-2-1-3-6-11/h4,7-9,11,15H,1-3,5-6,10,14H2. The van der Waals surface area contributed by atoms with E-state index in [-0.39, 0.29) is 4.90 Å². The number of nitrogens with one attached hydrogen (secondary N) is 1. The van der Waals surface area contributed by atoms with Gasteiger partial charge in [-0.3, -0.25) is 0 Å². The predicted molar refractivity (Wildman–Crippen MR) is 72.6 cm³/mol. The summed E-state index contributed by atoms with van der Waals surface area (Å²) in [6.45, 7) is 0.539. The van der Waals surface area contributed by atoms with E-state index in [1.807, 2.05) is 0 Å². The third-order valence-corrected chi connectivity index (χ3v) is 4.88. The Kier molecular flexibility index (Phi) is 4.24. The van der Waals surface area contributed by atoms with Crippen molar-refractivity contribution in [2.24, 2.45) is 5.92 Å². The Bertz CT molecular complexity index is 493. The van der Waals surface area contributed by atoms with Crippen molar-refractivity contribution in [3.8, 4) is 0 Å². The zero-order valence-electron chi connectivity index (χ0n) is 10.4. The van der Waals surface area contributed by atoms with Crippen molar-refractivity contribution >= 4 is 15.7 Å². The molecule has 3 N–H and O–H groups in total. The van der Waals surface area contributed by atoms with Gasteiger partial charge in [0.05, 0.1) is 4.90 Å². The first kappa shape index (κ1) is 13.4. The maximum Gasteiger partial charge on any atom is 0.240 e. The first-order valence-corrected chi connectivity index (χ1v) is 7.91. The summed E-state index contributed by atoms with van der Waals surface area (Å²) in [5.74, 6) is 0.481. The minimum Gasteiger partial charge on any atom is -0.399 e. The largest absolute Gasteiger partial charge is 0.399 e. The molecule has 1 saturated carbocycles. The van der Waals surface area contributed by atoms with Gasteiger partial charge in [-0.1, -0.05) is 25.3 Å². The molecule has 0 unspecified atom stereocenters. The van der Waals surface area contributed by atoms with E-state index in [0.29, 0.717) is 18.2 Å². The number of hydrogen-bond donors (Lipinski definition) is 2. The average Bonchev–Trinajstić information content (AvgIpc) is 2.38. The molecule has 0 heterocycles. The van der Waals surface area contributed by atoms with Gasteiger partial charge in [0, 0.05) is 12.2 Å². The molecule has 0 aliphatic heterocycles. The second-order valence-electron chi connectivity index (χ2n) is 4.93. The molecule has 0 aromatic heterocycles. The summed E-state index contributed by atoms with van der Waals surface area (Å²) >= 11 is 0. The summed E-state index contributed by atoms with van der Waals surface area (Å²) in [5, 5.41) is 0. The Hall–Kier alpha value is -1.07. The first-order valence-electron chi connectivity index (χ1n) is 6.43. The zero-order valence-corrected chi connectivity index (χ0v) is 11.2. The summed E-state index contributed by atoms with van der Waals surface area (Å²) in [4.78, 5) is 0.248. The summed E-state index contributed by atoms with van der Waals surface area (Å²) < 4.78 is 26.8. The van der Waals surface area contributed by atoms with E-state index in [9.17, 15) is 8.42 Å². The summed E-state index contributed by atoms with van der Waals surface area (Å²) in [6.07, 6.45) is 5.95. The molecule has 0 radical (unpaired) electrons. The number of nitrogen functional groups attached to an aromatic ring is 1. The molecule has 100 valence electrons. The van der Waals surface area contributed by atoms with Crippen LogP contribution < -0.4 is 10.5 Å². The van der Waals surface area contributed by atoms with E-state index in [2.05, 4.69) is 4.72 Å². The van der Waals surface area contributed by atoms with Crippen LogP contribution in [-0.2, 0) is 10.0 Å². The predicted octanol–water partition coefficient (Wildman–Crippen LogP) is 2.13. The lowest BCUT2D eigenvalue weighted by Crippen LogP contribution is -2.30. The van der Waals surface area contributed by atoms with Crippen LogP contribution >= 0.6 is 0 Å². The van der Waals surface area contributed by atoms with E-state index < -0.39 is 10.0 Å². The maximum absolute atomic E-state index is 12.1. The number of sulfonamides is 1. The molecule has 1 aliphatic rings. The van der Waals surface area contributed by atoms with E-state index in [1.54, 1.807) is 18.2 Å². The molecule has 0 bridgehead atoms.